The largest absolute Gasteiger partial charge is 0.133 e. The number of allylic oxidation sites excluding steroid dienone is 1. The van der Waals surface area contributed by atoms with E-state index < -0.39 is 0 Å². The predicted octanol–water partition coefficient (Wildman–Crippen LogP) is 5.01. The first-order chi connectivity index (χ1) is 7.60. The van der Waals surface area contributed by atoms with Crippen molar-refractivity contribution in [3.63, 3.8) is 0 Å². The van der Waals surface area contributed by atoms with Gasteiger partial charge in [0.2, 0.25) is 0 Å². The highest BCUT2D eigenvalue weighted by Crippen LogP contribution is 2.02. The molecule has 0 bridgehead atoms. The van der Waals surface area contributed by atoms with Crippen molar-refractivity contribution in [2.75, 3.05) is 0 Å². The quantitative estimate of drug-likeness (QED) is 0.620. The van der Waals surface area contributed by atoms with Crippen LogP contribution in [0, 0.1) is 12.8 Å². The lowest BCUT2D eigenvalue weighted by Crippen LogP contribution is -1.79. The van der Waals surface area contributed by atoms with Gasteiger partial charge in [0.05, 0.1) is 0 Å². The second-order valence-electron chi connectivity index (χ2n) is 4.15. The molecule has 0 unspecified atom stereocenters. The summed E-state index contributed by atoms with van der Waals surface area (Å²) in [4.78, 5) is 0. The topological polar surface area (TPSA) is 0 Å². The van der Waals surface area contributed by atoms with Gasteiger partial charge in [-0.3, -0.25) is 0 Å². The fourth-order valence-corrected chi connectivity index (χ4v) is 1.02. The summed E-state index contributed by atoms with van der Waals surface area (Å²) >= 11 is 0. The second kappa shape index (κ2) is 8.76. The van der Waals surface area contributed by atoms with Gasteiger partial charge in [-0.05, 0) is 30.9 Å². The van der Waals surface area contributed by atoms with Crippen molar-refractivity contribution in [3.8, 4) is 0 Å². The minimum Gasteiger partial charge on any atom is -0.133 e. The zero-order valence-electron chi connectivity index (χ0n) is 10.7. The molecule has 1 aromatic rings. The average molecular weight is 214 g/mol. The normalized spacial score (nSPS) is 8.75. The fraction of sp³-hybridized carbons (Fsp3) is 0.312. The number of hydrogen-bond acceptors (Lipinski definition) is 0. The average Bonchev–Trinajstić information content (AvgIpc) is 2.28. The summed E-state index contributed by atoms with van der Waals surface area (Å²) in [6.07, 6.45) is 4.91. The summed E-state index contributed by atoms with van der Waals surface area (Å²) in [5, 5.41) is 0. The molecule has 0 saturated carbocycles. The molecule has 0 heteroatoms. The number of rotatable bonds is 3. The Kier molecular flexibility index (Phi) is 7.93. The third-order valence-corrected chi connectivity index (χ3v) is 2.05. The van der Waals surface area contributed by atoms with Crippen molar-refractivity contribution in [2.24, 2.45) is 5.92 Å². The molecular formula is C16H22. The molecule has 86 valence electrons. The zero-order valence-corrected chi connectivity index (χ0v) is 10.7. The lowest BCUT2D eigenvalue weighted by atomic mass is 10.1. The van der Waals surface area contributed by atoms with Crippen LogP contribution in [0.2, 0.25) is 0 Å². The molecule has 0 N–H and O–H groups in total. The van der Waals surface area contributed by atoms with Crippen molar-refractivity contribution in [1.29, 1.82) is 0 Å². The van der Waals surface area contributed by atoms with E-state index in [4.69, 9.17) is 0 Å². The molecule has 16 heavy (non-hydrogen) atoms. The molecule has 0 radical (unpaired) electrons. The van der Waals surface area contributed by atoms with Crippen LogP contribution in [0.5, 0.6) is 0 Å². The Hall–Kier alpha value is -1.52. The summed E-state index contributed by atoms with van der Waals surface area (Å²) < 4.78 is 0. The van der Waals surface area contributed by atoms with Crippen molar-refractivity contribution in [1.82, 2.24) is 0 Å². The van der Waals surface area contributed by atoms with E-state index in [2.05, 4.69) is 63.9 Å². The van der Waals surface area contributed by atoms with E-state index in [1.165, 1.54) is 11.1 Å². The van der Waals surface area contributed by atoms with Crippen molar-refractivity contribution in [2.45, 2.75) is 27.2 Å². The van der Waals surface area contributed by atoms with Gasteiger partial charge in [0.1, 0.15) is 0 Å². The van der Waals surface area contributed by atoms with Crippen molar-refractivity contribution < 1.29 is 0 Å². The van der Waals surface area contributed by atoms with Gasteiger partial charge in [-0.1, -0.05) is 62.9 Å². The maximum absolute atomic E-state index is 3.66. The minimum absolute atomic E-state index is 0.745. The maximum atomic E-state index is 3.66. The van der Waals surface area contributed by atoms with Gasteiger partial charge in [0, 0.05) is 0 Å². The highest BCUT2D eigenvalue weighted by molar-refractivity contribution is 5.46. The molecule has 0 aromatic heterocycles. The van der Waals surface area contributed by atoms with Crippen LogP contribution < -0.4 is 0 Å². The lowest BCUT2D eigenvalue weighted by molar-refractivity contribution is 0.664. The van der Waals surface area contributed by atoms with Gasteiger partial charge in [0.25, 0.3) is 0 Å². The van der Waals surface area contributed by atoms with Crippen LogP contribution in [-0.2, 0) is 0 Å². The second-order valence-corrected chi connectivity index (χ2v) is 4.15. The Morgan fingerprint density at radius 1 is 1.25 bits per heavy atom. The molecule has 0 heterocycles. The molecule has 0 aliphatic heterocycles. The molecule has 0 nitrogen and oxygen atoms in total. The monoisotopic (exact) mass is 214 g/mol. The Balaban J connectivity index is 0.000000293. The number of benzene rings is 1. The number of hydrogen-bond donors (Lipinski definition) is 0. The standard InChI is InChI=1S/C9H10.C7H12/c1-3-9-6-4-8(2)5-7-9;1-4-5-6-7(2)3/h3-7H,1H2,2H3;5,7H,1,6H2,2-3H3. The van der Waals surface area contributed by atoms with Crippen molar-refractivity contribution >= 4 is 6.08 Å². The summed E-state index contributed by atoms with van der Waals surface area (Å²) in [6.45, 7) is 13.5. The van der Waals surface area contributed by atoms with Crippen molar-refractivity contribution in [3.05, 3.63) is 60.4 Å². The van der Waals surface area contributed by atoms with E-state index in [0.717, 1.165) is 12.3 Å². The lowest BCUT2D eigenvalue weighted by Gasteiger charge is -1.92. The highest BCUT2D eigenvalue weighted by Gasteiger charge is 1.84. The van der Waals surface area contributed by atoms with Gasteiger partial charge >= 0.3 is 0 Å². The van der Waals surface area contributed by atoms with E-state index in [0.29, 0.717) is 0 Å². The molecule has 0 aliphatic rings. The molecule has 0 aliphatic carbocycles. The van der Waals surface area contributed by atoms with E-state index in [9.17, 15) is 0 Å². The summed E-state index contributed by atoms with van der Waals surface area (Å²) in [5.74, 6) is 0.745. The summed E-state index contributed by atoms with van der Waals surface area (Å²) in [5.41, 5.74) is 5.20. The van der Waals surface area contributed by atoms with Crippen LogP contribution in [0.15, 0.2) is 49.2 Å². The van der Waals surface area contributed by atoms with E-state index in [1.54, 1.807) is 0 Å². The third-order valence-electron chi connectivity index (χ3n) is 2.05. The molecule has 1 rings (SSSR count). The Morgan fingerprint density at radius 3 is 2.12 bits per heavy atom. The fourth-order valence-electron chi connectivity index (χ4n) is 1.02. The van der Waals surface area contributed by atoms with Crippen LogP contribution in [0.1, 0.15) is 31.4 Å². The van der Waals surface area contributed by atoms with Gasteiger partial charge in [-0.2, -0.15) is 0 Å². The summed E-state index contributed by atoms with van der Waals surface area (Å²) in [6, 6.07) is 8.28. The number of aryl methyl sites for hydroxylation is 1. The van der Waals surface area contributed by atoms with Gasteiger partial charge < -0.3 is 0 Å². The smallest absolute Gasteiger partial charge is 0.0251 e. The highest BCUT2D eigenvalue weighted by atomic mass is 13.9. The Bertz CT molecular complexity index is 335. The molecular weight excluding hydrogens is 192 g/mol. The Morgan fingerprint density at radius 2 is 1.81 bits per heavy atom. The van der Waals surface area contributed by atoms with Crippen LogP contribution in [0.3, 0.4) is 0 Å². The van der Waals surface area contributed by atoms with Gasteiger partial charge in [0.15, 0.2) is 0 Å². The predicted molar refractivity (Wildman–Crippen MR) is 74.4 cm³/mol. The third kappa shape index (κ3) is 7.84. The van der Waals surface area contributed by atoms with Gasteiger partial charge in [-0.15, -0.1) is 5.73 Å². The molecule has 0 fully saturated rings. The summed E-state index contributed by atoms with van der Waals surface area (Å²) in [7, 11) is 0. The van der Waals surface area contributed by atoms with E-state index >= 15 is 0 Å². The first-order valence-electron chi connectivity index (χ1n) is 5.63. The van der Waals surface area contributed by atoms with Crippen LogP contribution in [-0.4, -0.2) is 0 Å². The first kappa shape index (κ1) is 14.5. The molecule has 0 amide bonds. The first-order valence-corrected chi connectivity index (χ1v) is 5.63. The SMILES string of the molecule is C=C=CCC(C)C.C=Cc1ccc(C)cc1. The minimum atomic E-state index is 0.745. The van der Waals surface area contributed by atoms with Crippen LogP contribution >= 0.6 is 0 Å². The maximum Gasteiger partial charge on any atom is -0.0251 e. The molecule has 0 spiro atoms. The Labute approximate surface area is 100 Å². The molecule has 0 atom stereocenters. The van der Waals surface area contributed by atoms with E-state index in [-0.39, 0.29) is 0 Å². The zero-order chi connectivity index (χ0) is 12.4. The van der Waals surface area contributed by atoms with E-state index in [1.807, 2.05) is 12.2 Å². The molecule has 1 aromatic carbocycles. The van der Waals surface area contributed by atoms with Crippen LogP contribution in [0.25, 0.3) is 6.08 Å². The molecule has 0 saturated heterocycles. The van der Waals surface area contributed by atoms with Gasteiger partial charge in [-0.25, -0.2) is 0 Å². The van der Waals surface area contributed by atoms with Crippen LogP contribution in [0.4, 0.5) is 0 Å².